The number of hydrogen-bond acceptors (Lipinski definition) is 4. The first-order valence-electron chi connectivity index (χ1n) is 5.43. The van der Waals surface area contributed by atoms with E-state index in [9.17, 15) is 9.18 Å². The van der Waals surface area contributed by atoms with Crippen molar-refractivity contribution in [3.8, 4) is 5.88 Å². The Kier molecular flexibility index (Phi) is 3.61. The number of aromatic nitrogens is 1. The number of anilines is 1. The lowest BCUT2D eigenvalue weighted by Crippen LogP contribution is -2.05. The topological polar surface area (TPSA) is 85.4 Å². The Hall–Kier alpha value is -2.63. The highest BCUT2D eigenvalue weighted by Crippen LogP contribution is 2.20. The monoisotopic (exact) mass is 262 g/mol. The van der Waals surface area contributed by atoms with Crippen molar-refractivity contribution in [2.45, 2.75) is 6.61 Å². The van der Waals surface area contributed by atoms with Crippen molar-refractivity contribution >= 4 is 11.7 Å². The second-order valence-corrected chi connectivity index (χ2v) is 3.80. The van der Waals surface area contributed by atoms with E-state index in [1.165, 1.54) is 12.1 Å². The van der Waals surface area contributed by atoms with Gasteiger partial charge in [0.1, 0.15) is 12.4 Å². The van der Waals surface area contributed by atoms with E-state index in [4.69, 9.17) is 15.6 Å². The number of hydrogen-bond donors (Lipinski definition) is 2. The normalized spacial score (nSPS) is 10.2. The summed E-state index contributed by atoms with van der Waals surface area (Å²) in [5.74, 6) is -1.43. The number of halogens is 1. The van der Waals surface area contributed by atoms with E-state index in [0.29, 0.717) is 5.56 Å². The molecule has 2 rings (SSSR count). The van der Waals surface area contributed by atoms with Gasteiger partial charge in [-0.1, -0.05) is 18.2 Å². The molecule has 1 heterocycles. The fourth-order valence-electron chi connectivity index (χ4n) is 1.47. The van der Waals surface area contributed by atoms with Crippen LogP contribution in [0.15, 0.2) is 36.5 Å². The van der Waals surface area contributed by atoms with Crippen LogP contribution in [0, 0.1) is 5.82 Å². The van der Waals surface area contributed by atoms with Gasteiger partial charge in [0.15, 0.2) is 0 Å². The summed E-state index contributed by atoms with van der Waals surface area (Å²) >= 11 is 0. The number of carbonyl (C=O) groups is 1. The molecule has 0 unspecified atom stereocenters. The summed E-state index contributed by atoms with van der Waals surface area (Å²) in [5.41, 5.74) is 6.05. The van der Waals surface area contributed by atoms with Crippen LogP contribution in [-0.2, 0) is 6.61 Å². The molecule has 0 spiro atoms. The van der Waals surface area contributed by atoms with Crippen LogP contribution in [0.3, 0.4) is 0 Å². The number of carboxylic acid groups (broad SMARTS) is 1. The Morgan fingerprint density at radius 2 is 2.16 bits per heavy atom. The van der Waals surface area contributed by atoms with Crippen LogP contribution in [0.2, 0.25) is 0 Å². The zero-order chi connectivity index (χ0) is 13.8. The minimum Gasteiger partial charge on any atom is -0.478 e. The van der Waals surface area contributed by atoms with Crippen molar-refractivity contribution in [3.05, 3.63) is 53.5 Å². The maximum absolute atomic E-state index is 13.4. The lowest BCUT2D eigenvalue weighted by atomic mass is 10.2. The summed E-state index contributed by atoms with van der Waals surface area (Å²) in [5, 5.41) is 8.76. The standard InChI is InChI=1S/C13H11FN2O3/c14-10-4-2-1-3-8(10)7-19-12-11(15)5-9(6-16-12)13(17)18/h1-6H,7,15H2,(H,17,18). The number of aromatic carboxylic acids is 1. The smallest absolute Gasteiger partial charge is 0.337 e. The van der Waals surface area contributed by atoms with Gasteiger partial charge in [-0.15, -0.1) is 0 Å². The second-order valence-electron chi connectivity index (χ2n) is 3.80. The SMILES string of the molecule is Nc1cc(C(=O)O)cnc1OCc1ccccc1F. The van der Waals surface area contributed by atoms with Crippen LogP contribution in [0.1, 0.15) is 15.9 Å². The number of benzene rings is 1. The lowest BCUT2D eigenvalue weighted by Gasteiger charge is -2.08. The molecule has 98 valence electrons. The van der Waals surface area contributed by atoms with E-state index < -0.39 is 5.97 Å². The fraction of sp³-hybridized carbons (Fsp3) is 0.0769. The zero-order valence-corrected chi connectivity index (χ0v) is 9.84. The summed E-state index contributed by atoms with van der Waals surface area (Å²) < 4.78 is 18.6. The van der Waals surface area contributed by atoms with Gasteiger partial charge in [0.25, 0.3) is 0 Å². The van der Waals surface area contributed by atoms with Gasteiger partial charge in [-0.3, -0.25) is 0 Å². The molecule has 3 N–H and O–H groups in total. The molecule has 0 aliphatic heterocycles. The number of nitrogens with zero attached hydrogens (tertiary/aromatic N) is 1. The minimum atomic E-state index is -1.13. The van der Waals surface area contributed by atoms with Crippen LogP contribution in [0.4, 0.5) is 10.1 Å². The average molecular weight is 262 g/mol. The van der Waals surface area contributed by atoms with Gasteiger partial charge in [-0.2, -0.15) is 0 Å². The third-order valence-corrected chi connectivity index (χ3v) is 2.45. The Labute approximate surface area is 108 Å². The molecule has 0 saturated carbocycles. The fourth-order valence-corrected chi connectivity index (χ4v) is 1.47. The summed E-state index contributed by atoms with van der Waals surface area (Å²) in [6.07, 6.45) is 1.13. The van der Waals surface area contributed by atoms with E-state index in [2.05, 4.69) is 4.98 Å². The highest BCUT2D eigenvalue weighted by molar-refractivity contribution is 5.88. The van der Waals surface area contributed by atoms with Gasteiger partial charge < -0.3 is 15.6 Å². The van der Waals surface area contributed by atoms with Gasteiger partial charge in [0.05, 0.1) is 11.3 Å². The molecule has 1 aromatic heterocycles. The Balaban J connectivity index is 2.12. The molecule has 0 bridgehead atoms. The highest BCUT2D eigenvalue weighted by atomic mass is 19.1. The van der Waals surface area contributed by atoms with Crippen molar-refractivity contribution in [1.82, 2.24) is 4.98 Å². The second kappa shape index (κ2) is 5.34. The van der Waals surface area contributed by atoms with Crippen molar-refractivity contribution < 1.29 is 19.0 Å². The van der Waals surface area contributed by atoms with Crippen molar-refractivity contribution in [1.29, 1.82) is 0 Å². The largest absolute Gasteiger partial charge is 0.478 e. The number of pyridine rings is 1. The van der Waals surface area contributed by atoms with E-state index in [-0.39, 0.29) is 29.6 Å². The number of carboxylic acids is 1. The molecule has 0 atom stereocenters. The molecule has 6 heteroatoms. The van der Waals surface area contributed by atoms with Crippen molar-refractivity contribution in [3.63, 3.8) is 0 Å². The van der Waals surface area contributed by atoms with Gasteiger partial charge in [0, 0.05) is 11.8 Å². The summed E-state index contributed by atoms with van der Waals surface area (Å²) in [7, 11) is 0. The lowest BCUT2D eigenvalue weighted by molar-refractivity contribution is 0.0696. The van der Waals surface area contributed by atoms with Crippen LogP contribution in [-0.4, -0.2) is 16.1 Å². The van der Waals surface area contributed by atoms with E-state index in [0.717, 1.165) is 6.20 Å². The maximum Gasteiger partial charge on any atom is 0.337 e. The maximum atomic E-state index is 13.4. The molecule has 0 aliphatic carbocycles. The molecule has 19 heavy (non-hydrogen) atoms. The van der Waals surface area contributed by atoms with Gasteiger partial charge in [-0.25, -0.2) is 14.2 Å². The molecular weight excluding hydrogens is 251 g/mol. The van der Waals surface area contributed by atoms with Crippen molar-refractivity contribution in [2.75, 3.05) is 5.73 Å². The molecule has 0 aliphatic rings. The molecular formula is C13H11FN2O3. The summed E-state index contributed by atoms with van der Waals surface area (Å²) in [4.78, 5) is 14.5. The molecule has 1 aromatic carbocycles. The van der Waals surface area contributed by atoms with Crippen LogP contribution in [0.25, 0.3) is 0 Å². The Morgan fingerprint density at radius 3 is 2.79 bits per heavy atom. The summed E-state index contributed by atoms with van der Waals surface area (Å²) in [6.45, 7) is -0.0315. The Bertz CT molecular complexity index is 617. The van der Waals surface area contributed by atoms with E-state index in [1.807, 2.05) is 0 Å². The molecule has 0 amide bonds. The first-order valence-corrected chi connectivity index (χ1v) is 5.43. The predicted octanol–water partition coefficient (Wildman–Crippen LogP) is 2.08. The number of rotatable bonds is 4. The van der Waals surface area contributed by atoms with E-state index >= 15 is 0 Å². The average Bonchev–Trinajstić information content (AvgIpc) is 2.39. The number of nitrogen functional groups attached to an aromatic ring is 1. The molecule has 0 radical (unpaired) electrons. The van der Waals surface area contributed by atoms with Crippen LogP contribution >= 0.6 is 0 Å². The first kappa shape index (κ1) is 12.8. The van der Waals surface area contributed by atoms with Crippen LogP contribution < -0.4 is 10.5 Å². The first-order chi connectivity index (χ1) is 9.08. The minimum absolute atomic E-state index is 0.0315. The molecule has 0 fully saturated rings. The van der Waals surface area contributed by atoms with Gasteiger partial charge in [0.2, 0.25) is 5.88 Å². The quantitative estimate of drug-likeness (QED) is 0.881. The Morgan fingerprint density at radius 1 is 1.42 bits per heavy atom. The molecule has 5 nitrogen and oxygen atoms in total. The third-order valence-electron chi connectivity index (χ3n) is 2.45. The van der Waals surface area contributed by atoms with Gasteiger partial charge in [-0.05, 0) is 12.1 Å². The third kappa shape index (κ3) is 2.98. The van der Waals surface area contributed by atoms with Crippen LogP contribution in [0.5, 0.6) is 5.88 Å². The predicted molar refractivity (Wildman–Crippen MR) is 66.3 cm³/mol. The summed E-state index contributed by atoms with van der Waals surface area (Å²) in [6, 6.07) is 7.41. The number of nitrogens with two attached hydrogens (primary N) is 1. The van der Waals surface area contributed by atoms with Gasteiger partial charge >= 0.3 is 5.97 Å². The number of ether oxygens (including phenoxy) is 1. The molecule has 2 aromatic rings. The highest BCUT2D eigenvalue weighted by Gasteiger charge is 2.09. The van der Waals surface area contributed by atoms with E-state index in [1.54, 1.807) is 18.2 Å². The zero-order valence-electron chi connectivity index (χ0n) is 9.84. The van der Waals surface area contributed by atoms with Crippen molar-refractivity contribution in [2.24, 2.45) is 0 Å². The molecule has 0 saturated heterocycles.